The number of nitrogens with zero attached hydrogens (tertiary/aromatic N) is 5. The van der Waals surface area contributed by atoms with Crippen molar-refractivity contribution in [2.45, 2.75) is 19.9 Å². The molecule has 0 aliphatic rings. The molecule has 5 heteroatoms. The van der Waals surface area contributed by atoms with E-state index in [2.05, 4.69) is 46.4 Å². The number of benzene rings is 1. The van der Waals surface area contributed by atoms with Crippen LogP contribution < -0.4 is 0 Å². The molecule has 0 N–H and O–H groups in total. The molecule has 0 saturated heterocycles. The van der Waals surface area contributed by atoms with Gasteiger partial charge in [0.15, 0.2) is 0 Å². The van der Waals surface area contributed by atoms with Gasteiger partial charge in [-0.2, -0.15) is 10.2 Å². The van der Waals surface area contributed by atoms with Gasteiger partial charge < -0.3 is 0 Å². The van der Waals surface area contributed by atoms with Crippen molar-refractivity contribution in [3.8, 4) is 11.3 Å². The van der Waals surface area contributed by atoms with Crippen molar-refractivity contribution in [1.82, 2.24) is 24.4 Å². The van der Waals surface area contributed by atoms with Gasteiger partial charge in [0.05, 0.1) is 42.5 Å². The maximum Gasteiger partial charge on any atom is 0.0917 e. The molecule has 0 radical (unpaired) electrons. The normalized spacial score (nSPS) is 11.2. The Kier molecular flexibility index (Phi) is 3.38. The van der Waals surface area contributed by atoms with Gasteiger partial charge in [-0.25, -0.2) is 4.52 Å². The van der Waals surface area contributed by atoms with Gasteiger partial charge in [-0.15, -0.1) is 0 Å². The van der Waals surface area contributed by atoms with Crippen LogP contribution >= 0.6 is 0 Å². The first-order chi connectivity index (χ1) is 11.3. The lowest BCUT2D eigenvalue weighted by Gasteiger charge is -2.03. The smallest absolute Gasteiger partial charge is 0.0917 e. The fourth-order valence-corrected chi connectivity index (χ4v) is 2.62. The molecule has 4 aromatic rings. The summed E-state index contributed by atoms with van der Waals surface area (Å²) in [5.41, 5.74) is 5.44. The van der Waals surface area contributed by atoms with Crippen molar-refractivity contribution < 1.29 is 0 Å². The Morgan fingerprint density at radius 3 is 2.57 bits per heavy atom. The summed E-state index contributed by atoms with van der Waals surface area (Å²) < 4.78 is 3.76. The van der Waals surface area contributed by atoms with Gasteiger partial charge in [-0.05, 0) is 23.6 Å². The van der Waals surface area contributed by atoms with Gasteiger partial charge in [0.1, 0.15) is 0 Å². The first kappa shape index (κ1) is 13.7. The number of hydrogen-bond acceptors (Lipinski definition) is 3. The molecule has 0 bridgehead atoms. The van der Waals surface area contributed by atoms with Crippen LogP contribution in [0.25, 0.3) is 16.8 Å². The lowest BCUT2D eigenvalue weighted by molar-refractivity contribution is 0.687. The second-order valence-electron chi connectivity index (χ2n) is 5.57. The molecule has 0 aliphatic carbocycles. The minimum absolute atomic E-state index is 0.758. The van der Waals surface area contributed by atoms with E-state index < -0.39 is 0 Å². The molecule has 0 fully saturated rings. The first-order valence-corrected chi connectivity index (χ1v) is 7.72. The lowest BCUT2D eigenvalue weighted by atomic mass is 10.1. The van der Waals surface area contributed by atoms with Gasteiger partial charge in [0, 0.05) is 11.8 Å². The second-order valence-corrected chi connectivity index (χ2v) is 5.57. The molecule has 0 saturated carbocycles. The van der Waals surface area contributed by atoms with Gasteiger partial charge >= 0.3 is 0 Å². The summed E-state index contributed by atoms with van der Waals surface area (Å²) >= 11 is 0. The minimum atomic E-state index is 0.758. The van der Waals surface area contributed by atoms with Crippen LogP contribution in [0.1, 0.15) is 18.1 Å². The summed E-state index contributed by atoms with van der Waals surface area (Å²) in [6, 6.07) is 10.6. The molecule has 5 nitrogen and oxygen atoms in total. The van der Waals surface area contributed by atoms with Crippen LogP contribution in [-0.2, 0) is 13.0 Å². The highest BCUT2D eigenvalue weighted by molar-refractivity contribution is 5.58. The van der Waals surface area contributed by atoms with Crippen LogP contribution in [-0.4, -0.2) is 24.4 Å². The SMILES string of the molecule is CCc1ccc(Cn2cc(-c3cn4nccc4cn3)cn2)cc1. The van der Waals surface area contributed by atoms with Gasteiger partial charge in [-0.1, -0.05) is 31.2 Å². The second kappa shape index (κ2) is 5.68. The van der Waals surface area contributed by atoms with Crippen molar-refractivity contribution in [1.29, 1.82) is 0 Å². The van der Waals surface area contributed by atoms with E-state index in [1.54, 1.807) is 6.20 Å². The van der Waals surface area contributed by atoms with Gasteiger partial charge in [0.25, 0.3) is 0 Å². The molecule has 23 heavy (non-hydrogen) atoms. The van der Waals surface area contributed by atoms with Crippen LogP contribution in [0, 0.1) is 0 Å². The van der Waals surface area contributed by atoms with Crippen LogP contribution in [0.15, 0.2) is 61.3 Å². The van der Waals surface area contributed by atoms with Crippen molar-refractivity contribution in [2.24, 2.45) is 0 Å². The summed E-state index contributed by atoms with van der Waals surface area (Å²) in [5.74, 6) is 0. The Morgan fingerprint density at radius 2 is 1.74 bits per heavy atom. The highest BCUT2D eigenvalue weighted by Gasteiger charge is 2.05. The van der Waals surface area contributed by atoms with Crippen molar-refractivity contribution in [3.63, 3.8) is 0 Å². The zero-order valence-corrected chi connectivity index (χ0v) is 12.9. The van der Waals surface area contributed by atoms with Crippen molar-refractivity contribution in [2.75, 3.05) is 0 Å². The fourth-order valence-electron chi connectivity index (χ4n) is 2.62. The molecule has 0 unspecified atom stereocenters. The third kappa shape index (κ3) is 2.73. The molecule has 114 valence electrons. The van der Waals surface area contributed by atoms with Crippen LogP contribution in [0.4, 0.5) is 0 Å². The average Bonchev–Trinajstić information content (AvgIpc) is 3.23. The van der Waals surface area contributed by atoms with Gasteiger partial charge in [0.2, 0.25) is 0 Å². The first-order valence-electron chi connectivity index (χ1n) is 7.72. The molecule has 0 amide bonds. The summed E-state index contributed by atoms with van der Waals surface area (Å²) in [7, 11) is 0. The quantitative estimate of drug-likeness (QED) is 0.581. The topological polar surface area (TPSA) is 48.0 Å². The highest BCUT2D eigenvalue weighted by atomic mass is 15.3. The van der Waals surface area contributed by atoms with E-state index in [1.165, 1.54) is 11.1 Å². The predicted molar refractivity (Wildman–Crippen MR) is 89.1 cm³/mol. The maximum absolute atomic E-state index is 4.48. The van der Waals surface area contributed by atoms with Crippen molar-refractivity contribution in [3.05, 3.63) is 72.4 Å². The zero-order valence-electron chi connectivity index (χ0n) is 12.9. The molecular weight excluding hydrogens is 286 g/mol. The summed E-state index contributed by atoms with van der Waals surface area (Å²) in [5, 5.41) is 8.69. The van der Waals surface area contributed by atoms with E-state index in [0.29, 0.717) is 0 Å². The fraction of sp³-hybridized carbons (Fsp3) is 0.167. The Hall–Kier alpha value is -2.95. The molecular formula is C18H17N5. The minimum Gasteiger partial charge on any atom is -0.268 e. The zero-order chi connectivity index (χ0) is 15.6. The Morgan fingerprint density at radius 1 is 0.913 bits per heavy atom. The van der Waals surface area contributed by atoms with E-state index in [0.717, 1.165) is 29.7 Å². The third-order valence-corrected chi connectivity index (χ3v) is 3.99. The van der Waals surface area contributed by atoms with Crippen LogP contribution in [0.3, 0.4) is 0 Å². The van der Waals surface area contributed by atoms with E-state index in [9.17, 15) is 0 Å². The van der Waals surface area contributed by atoms with Crippen LogP contribution in [0.5, 0.6) is 0 Å². The molecule has 0 spiro atoms. The van der Waals surface area contributed by atoms with Gasteiger partial charge in [-0.3, -0.25) is 9.67 Å². The molecule has 1 aromatic carbocycles. The number of fused-ring (bicyclic) bond motifs is 1. The third-order valence-electron chi connectivity index (χ3n) is 3.99. The highest BCUT2D eigenvalue weighted by Crippen LogP contribution is 2.17. The monoisotopic (exact) mass is 303 g/mol. The summed E-state index contributed by atoms with van der Waals surface area (Å²) in [6.07, 6.45) is 10.4. The molecule has 0 aliphatic heterocycles. The van der Waals surface area contributed by atoms with Crippen LogP contribution in [0.2, 0.25) is 0 Å². The number of aryl methyl sites for hydroxylation is 1. The molecule has 3 aromatic heterocycles. The number of aromatic nitrogens is 5. The summed E-state index contributed by atoms with van der Waals surface area (Å²) in [6.45, 7) is 2.92. The Balaban J connectivity index is 1.57. The van der Waals surface area contributed by atoms with E-state index in [-0.39, 0.29) is 0 Å². The Labute approximate surface area is 134 Å². The maximum atomic E-state index is 4.48. The number of hydrogen-bond donors (Lipinski definition) is 0. The number of rotatable bonds is 4. The molecule has 4 rings (SSSR count). The van der Waals surface area contributed by atoms with E-state index >= 15 is 0 Å². The van der Waals surface area contributed by atoms with Crippen molar-refractivity contribution >= 4 is 5.52 Å². The average molecular weight is 303 g/mol. The predicted octanol–water partition coefficient (Wildman–Crippen LogP) is 3.20. The van der Waals surface area contributed by atoms with E-state index in [1.807, 2.05) is 40.1 Å². The summed E-state index contributed by atoms with van der Waals surface area (Å²) in [4.78, 5) is 4.48. The molecule has 3 heterocycles. The largest absolute Gasteiger partial charge is 0.268 e. The molecule has 0 atom stereocenters. The standard InChI is InChI=1S/C18H17N5/c1-2-14-3-5-15(6-4-14)11-22-12-16(9-21-22)18-13-23-17(10-19-18)7-8-20-23/h3-10,12-13H,2,11H2,1H3. The lowest BCUT2D eigenvalue weighted by Crippen LogP contribution is -1.99. The Bertz CT molecular complexity index is 933. The van der Waals surface area contributed by atoms with E-state index in [4.69, 9.17) is 0 Å².